The minimum atomic E-state index is 0.459. The molecule has 0 aliphatic rings. The molecule has 3 nitrogen and oxygen atoms in total. The first kappa shape index (κ1) is 15.2. The number of likely N-dealkylation sites (N-methyl/N-ethyl adjacent to an activating group) is 1. The number of hydrogen-bond donors (Lipinski definition) is 1. The van der Waals surface area contributed by atoms with Crippen LogP contribution in [0.1, 0.15) is 29.1 Å². The Morgan fingerprint density at radius 3 is 2.75 bits per heavy atom. The van der Waals surface area contributed by atoms with Gasteiger partial charge in [0, 0.05) is 30.8 Å². The molecule has 0 aliphatic heterocycles. The Morgan fingerprint density at radius 2 is 2.05 bits per heavy atom. The molecule has 108 valence electrons. The molecule has 1 heterocycles. The third kappa shape index (κ3) is 4.40. The van der Waals surface area contributed by atoms with Gasteiger partial charge in [-0.25, -0.2) is 4.98 Å². The lowest BCUT2D eigenvalue weighted by molar-refractivity contribution is 0.309. The van der Waals surface area contributed by atoms with E-state index >= 15 is 0 Å². The first-order chi connectivity index (χ1) is 9.69. The Hall–Kier alpha value is -1.23. The minimum absolute atomic E-state index is 0.459. The summed E-state index contributed by atoms with van der Waals surface area (Å²) in [4.78, 5) is 7.02. The molecular weight excluding hydrogens is 266 g/mol. The summed E-state index contributed by atoms with van der Waals surface area (Å²) < 4.78 is 0. The monoisotopic (exact) mass is 289 g/mol. The Bertz CT molecular complexity index is 509. The van der Waals surface area contributed by atoms with Gasteiger partial charge >= 0.3 is 0 Å². The molecule has 0 spiro atoms. The van der Waals surface area contributed by atoms with Crippen LogP contribution in [-0.4, -0.2) is 30.0 Å². The average molecular weight is 289 g/mol. The van der Waals surface area contributed by atoms with E-state index in [9.17, 15) is 0 Å². The van der Waals surface area contributed by atoms with Gasteiger partial charge in [-0.3, -0.25) is 0 Å². The van der Waals surface area contributed by atoms with Crippen molar-refractivity contribution < 1.29 is 0 Å². The SMILES string of the molecule is CC(CN(C)Cc1ccccc1)c1nc(CCN)cs1. The molecule has 2 aromatic rings. The molecule has 0 aliphatic carbocycles. The summed E-state index contributed by atoms with van der Waals surface area (Å²) in [5.74, 6) is 0.459. The number of benzene rings is 1. The quantitative estimate of drug-likeness (QED) is 0.852. The van der Waals surface area contributed by atoms with Gasteiger partial charge in [-0.2, -0.15) is 0 Å². The Morgan fingerprint density at radius 1 is 1.30 bits per heavy atom. The number of aromatic nitrogens is 1. The molecule has 0 fully saturated rings. The average Bonchev–Trinajstić information content (AvgIpc) is 2.89. The largest absolute Gasteiger partial charge is 0.330 e. The van der Waals surface area contributed by atoms with Gasteiger partial charge in [0.05, 0.1) is 10.7 Å². The molecular formula is C16H23N3S. The zero-order chi connectivity index (χ0) is 14.4. The van der Waals surface area contributed by atoms with Crippen molar-refractivity contribution in [1.29, 1.82) is 0 Å². The second-order valence-electron chi connectivity index (χ2n) is 5.30. The zero-order valence-electron chi connectivity index (χ0n) is 12.2. The Balaban J connectivity index is 1.88. The molecule has 1 atom stereocenters. The van der Waals surface area contributed by atoms with Crippen LogP contribution in [0.5, 0.6) is 0 Å². The molecule has 1 aromatic carbocycles. The summed E-state index contributed by atoms with van der Waals surface area (Å²) in [6.45, 7) is 4.91. The van der Waals surface area contributed by atoms with Crippen molar-refractivity contribution in [3.63, 3.8) is 0 Å². The van der Waals surface area contributed by atoms with Gasteiger partial charge in [0.15, 0.2) is 0 Å². The molecule has 2 rings (SSSR count). The summed E-state index contributed by atoms with van der Waals surface area (Å²) >= 11 is 1.75. The highest BCUT2D eigenvalue weighted by Crippen LogP contribution is 2.21. The van der Waals surface area contributed by atoms with Crippen LogP contribution in [0, 0.1) is 0 Å². The Labute approximate surface area is 125 Å². The normalized spacial score (nSPS) is 12.8. The molecule has 2 N–H and O–H groups in total. The molecule has 0 amide bonds. The van der Waals surface area contributed by atoms with E-state index in [1.807, 2.05) is 0 Å². The fourth-order valence-electron chi connectivity index (χ4n) is 2.32. The van der Waals surface area contributed by atoms with E-state index in [1.54, 1.807) is 11.3 Å². The fraction of sp³-hybridized carbons (Fsp3) is 0.438. The standard InChI is InChI=1S/C16H23N3S/c1-13(16-18-15(8-9-17)12-20-16)10-19(2)11-14-6-4-3-5-7-14/h3-7,12-13H,8-11,17H2,1-2H3. The van der Waals surface area contributed by atoms with Crippen LogP contribution in [0.4, 0.5) is 0 Å². The second-order valence-corrected chi connectivity index (χ2v) is 6.19. The molecule has 0 saturated carbocycles. The number of thiazole rings is 1. The third-order valence-corrected chi connectivity index (χ3v) is 4.40. The second kappa shape index (κ2) is 7.53. The van der Waals surface area contributed by atoms with E-state index < -0.39 is 0 Å². The minimum Gasteiger partial charge on any atom is -0.330 e. The first-order valence-corrected chi connectivity index (χ1v) is 7.94. The maximum absolute atomic E-state index is 5.57. The predicted octanol–water partition coefficient (Wildman–Crippen LogP) is 2.88. The van der Waals surface area contributed by atoms with E-state index in [1.165, 1.54) is 10.6 Å². The van der Waals surface area contributed by atoms with Crippen LogP contribution in [0.25, 0.3) is 0 Å². The smallest absolute Gasteiger partial charge is 0.0969 e. The number of hydrogen-bond acceptors (Lipinski definition) is 4. The molecule has 0 radical (unpaired) electrons. The first-order valence-electron chi connectivity index (χ1n) is 7.06. The van der Waals surface area contributed by atoms with Crippen molar-refractivity contribution in [2.75, 3.05) is 20.1 Å². The van der Waals surface area contributed by atoms with Crippen molar-refractivity contribution in [2.45, 2.75) is 25.8 Å². The molecule has 4 heteroatoms. The molecule has 0 saturated heterocycles. The van der Waals surface area contributed by atoms with Gasteiger partial charge in [-0.15, -0.1) is 11.3 Å². The summed E-state index contributed by atoms with van der Waals surface area (Å²) in [6.07, 6.45) is 0.878. The van der Waals surface area contributed by atoms with Crippen LogP contribution < -0.4 is 5.73 Å². The zero-order valence-corrected chi connectivity index (χ0v) is 13.1. The molecule has 0 bridgehead atoms. The van der Waals surface area contributed by atoms with Crippen molar-refractivity contribution in [2.24, 2.45) is 5.73 Å². The van der Waals surface area contributed by atoms with Crippen molar-refractivity contribution >= 4 is 11.3 Å². The van der Waals surface area contributed by atoms with Gasteiger partial charge in [0.25, 0.3) is 0 Å². The number of rotatable bonds is 7. The molecule has 1 unspecified atom stereocenters. The van der Waals surface area contributed by atoms with Crippen LogP contribution in [-0.2, 0) is 13.0 Å². The van der Waals surface area contributed by atoms with Gasteiger partial charge in [-0.05, 0) is 19.2 Å². The highest BCUT2D eigenvalue weighted by molar-refractivity contribution is 7.09. The highest BCUT2D eigenvalue weighted by atomic mass is 32.1. The topological polar surface area (TPSA) is 42.2 Å². The lowest BCUT2D eigenvalue weighted by atomic mass is 10.1. The van der Waals surface area contributed by atoms with Gasteiger partial charge in [0.2, 0.25) is 0 Å². The lowest BCUT2D eigenvalue weighted by Gasteiger charge is -2.20. The molecule has 1 aromatic heterocycles. The fourth-order valence-corrected chi connectivity index (χ4v) is 3.22. The lowest BCUT2D eigenvalue weighted by Crippen LogP contribution is -2.23. The third-order valence-electron chi connectivity index (χ3n) is 3.27. The van der Waals surface area contributed by atoms with Crippen LogP contribution in [0.2, 0.25) is 0 Å². The van der Waals surface area contributed by atoms with E-state index in [2.05, 4.69) is 59.6 Å². The number of nitrogens with two attached hydrogens (primary N) is 1. The van der Waals surface area contributed by atoms with Gasteiger partial charge in [0.1, 0.15) is 0 Å². The van der Waals surface area contributed by atoms with Crippen molar-refractivity contribution in [3.8, 4) is 0 Å². The highest BCUT2D eigenvalue weighted by Gasteiger charge is 2.13. The van der Waals surface area contributed by atoms with E-state index in [0.29, 0.717) is 12.5 Å². The summed E-state index contributed by atoms with van der Waals surface area (Å²) in [7, 11) is 2.16. The van der Waals surface area contributed by atoms with Gasteiger partial charge < -0.3 is 10.6 Å². The van der Waals surface area contributed by atoms with Crippen molar-refractivity contribution in [3.05, 3.63) is 52.0 Å². The van der Waals surface area contributed by atoms with E-state index in [0.717, 1.165) is 25.2 Å². The maximum Gasteiger partial charge on any atom is 0.0969 e. The van der Waals surface area contributed by atoms with Crippen LogP contribution >= 0.6 is 11.3 Å². The number of nitrogens with zero attached hydrogens (tertiary/aromatic N) is 2. The van der Waals surface area contributed by atoms with E-state index in [-0.39, 0.29) is 0 Å². The summed E-state index contributed by atoms with van der Waals surface area (Å²) in [5.41, 5.74) is 8.05. The summed E-state index contributed by atoms with van der Waals surface area (Å²) in [5, 5.41) is 3.35. The van der Waals surface area contributed by atoms with Crippen molar-refractivity contribution in [1.82, 2.24) is 9.88 Å². The van der Waals surface area contributed by atoms with Gasteiger partial charge in [-0.1, -0.05) is 37.3 Å². The predicted molar refractivity (Wildman–Crippen MR) is 86.1 cm³/mol. The summed E-state index contributed by atoms with van der Waals surface area (Å²) in [6, 6.07) is 10.6. The maximum atomic E-state index is 5.57. The van der Waals surface area contributed by atoms with Crippen LogP contribution in [0.3, 0.4) is 0 Å². The van der Waals surface area contributed by atoms with Crippen LogP contribution in [0.15, 0.2) is 35.7 Å². The van der Waals surface area contributed by atoms with E-state index in [4.69, 9.17) is 5.73 Å². The molecule has 20 heavy (non-hydrogen) atoms. The Kier molecular flexibility index (Phi) is 5.71.